The smallest absolute Gasteiger partial charge is 0.303 e. The van der Waals surface area contributed by atoms with Crippen LogP contribution in [0, 0.1) is 0 Å². The predicted molar refractivity (Wildman–Crippen MR) is 67.7 cm³/mol. The molecule has 0 fully saturated rings. The molecule has 0 aromatic carbocycles. The van der Waals surface area contributed by atoms with Crippen molar-refractivity contribution in [3.8, 4) is 0 Å². The van der Waals surface area contributed by atoms with E-state index in [1.54, 1.807) is 17.9 Å². The number of carboxylic acids is 1. The van der Waals surface area contributed by atoms with Crippen LogP contribution in [0.3, 0.4) is 0 Å². The molecule has 96 valence electrons. The van der Waals surface area contributed by atoms with Crippen LogP contribution in [0.25, 0.3) is 0 Å². The topological polar surface area (TPSA) is 57.6 Å². The summed E-state index contributed by atoms with van der Waals surface area (Å²) in [7, 11) is 0. The van der Waals surface area contributed by atoms with Gasteiger partial charge in [0.2, 0.25) is 5.91 Å². The van der Waals surface area contributed by atoms with Crippen LogP contribution >= 0.6 is 0 Å². The average molecular weight is 239 g/mol. The summed E-state index contributed by atoms with van der Waals surface area (Å²) >= 11 is 0. The summed E-state index contributed by atoms with van der Waals surface area (Å²) in [4.78, 5) is 23.7. The van der Waals surface area contributed by atoms with E-state index in [4.69, 9.17) is 5.11 Å². The number of carbonyl (C=O) groups excluding carboxylic acids is 1. The van der Waals surface area contributed by atoms with E-state index >= 15 is 0 Å². The second-order valence-electron chi connectivity index (χ2n) is 4.02. The fraction of sp³-hybridized carbons (Fsp3) is 0.538. The molecule has 4 heteroatoms. The number of carboxylic acid groups (broad SMARTS) is 1. The van der Waals surface area contributed by atoms with E-state index in [1.807, 2.05) is 0 Å². The first-order valence-corrected chi connectivity index (χ1v) is 5.76. The Bertz CT molecular complexity index is 297. The third kappa shape index (κ3) is 7.33. The zero-order valence-corrected chi connectivity index (χ0v) is 10.4. The number of hydrogen-bond acceptors (Lipinski definition) is 2. The summed E-state index contributed by atoms with van der Waals surface area (Å²) in [6, 6.07) is 0. The molecule has 0 heterocycles. The van der Waals surface area contributed by atoms with Crippen LogP contribution in [0.15, 0.2) is 24.8 Å². The molecule has 0 radical (unpaired) electrons. The molecule has 0 bridgehead atoms. The van der Waals surface area contributed by atoms with Crippen molar-refractivity contribution in [1.29, 1.82) is 0 Å². The largest absolute Gasteiger partial charge is 0.481 e. The highest BCUT2D eigenvalue weighted by Gasteiger charge is 2.11. The van der Waals surface area contributed by atoms with Gasteiger partial charge in [0, 0.05) is 25.1 Å². The minimum atomic E-state index is -0.772. The van der Waals surface area contributed by atoms with Gasteiger partial charge < -0.3 is 10.0 Å². The molecule has 1 N–H and O–H groups in total. The molecule has 0 unspecified atom stereocenters. The molecule has 0 atom stereocenters. The molecule has 0 spiro atoms. The van der Waals surface area contributed by atoms with Crippen molar-refractivity contribution in [2.45, 2.75) is 32.6 Å². The summed E-state index contributed by atoms with van der Waals surface area (Å²) in [5.41, 5.74) is 0.511. The molecular weight excluding hydrogens is 218 g/mol. The molecule has 0 saturated heterocycles. The number of hydrogen-bond donors (Lipinski definition) is 1. The van der Waals surface area contributed by atoms with Gasteiger partial charge in [0.05, 0.1) is 0 Å². The Morgan fingerprint density at radius 3 is 2.41 bits per heavy atom. The Hall–Kier alpha value is -1.58. The lowest BCUT2D eigenvalue weighted by atomic mass is 10.2. The van der Waals surface area contributed by atoms with Gasteiger partial charge in [-0.2, -0.15) is 0 Å². The lowest BCUT2D eigenvalue weighted by Gasteiger charge is -2.21. The number of unbranched alkanes of at least 4 members (excludes halogenated alkanes) is 2. The van der Waals surface area contributed by atoms with E-state index in [0.29, 0.717) is 25.1 Å². The quantitative estimate of drug-likeness (QED) is 0.381. The highest BCUT2D eigenvalue weighted by molar-refractivity contribution is 5.92. The van der Waals surface area contributed by atoms with E-state index in [9.17, 15) is 9.59 Å². The molecule has 0 aliphatic carbocycles. The van der Waals surface area contributed by atoms with E-state index in [1.165, 1.54) is 0 Å². The molecular formula is C13H21NO3. The predicted octanol–water partition coefficient (Wildman–Crippen LogP) is 2.22. The first kappa shape index (κ1) is 15.4. The van der Waals surface area contributed by atoms with Gasteiger partial charge in [-0.25, -0.2) is 0 Å². The maximum absolute atomic E-state index is 11.7. The highest BCUT2D eigenvalue weighted by atomic mass is 16.4. The zero-order valence-electron chi connectivity index (χ0n) is 10.4. The highest BCUT2D eigenvalue weighted by Crippen LogP contribution is 2.05. The summed E-state index contributed by atoms with van der Waals surface area (Å²) in [5.74, 6) is -0.839. The molecule has 0 saturated carbocycles. The minimum Gasteiger partial charge on any atom is -0.481 e. The molecule has 0 aromatic heterocycles. The molecule has 1 amide bonds. The van der Waals surface area contributed by atoms with Gasteiger partial charge in [-0.1, -0.05) is 19.1 Å². The van der Waals surface area contributed by atoms with Crippen LogP contribution in [-0.4, -0.2) is 35.0 Å². The van der Waals surface area contributed by atoms with Crippen LogP contribution in [0.2, 0.25) is 0 Å². The van der Waals surface area contributed by atoms with Gasteiger partial charge in [-0.3, -0.25) is 9.59 Å². The van der Waals surface area contributed by atoms with Gasteiger partial charge in [-0.15, -0.1) is 6.58 Å². The number of amides is 1. The van der Waals surface area contributed by atoms with Crippen molar-refractivity contribution in [1.82, 2.24) is 4.90 Å². The fourth-order valence-electron chi connectivity index (χ4n) is 1.46. The first-order chi connectivity index (χ1) is 7.99. The van der Waals surface area contributed by atoms with Crippen molar-refractivity contribution in [3.05, 3.63) is 24.8 Å². The van der Waals surface area contributed by atoms with Crippen LogP contribution in [0.4, 0.5) is 0 Å². The Kier molecular flexibility index (Phi) is 7.76. The number of nitrogens with zero attached hydrogens (tertiary/aromatic N) is 1. The van der Waals surface area contributed by atoms with E-state index in [0.717, 1.165) is 12.8 Å². The van der Waals surface area contributed by atoms with E-state index in [2.05, 4.69) is 13.2 Å². The number of rotatable bonds is 9. The monoisotopic (exact) mass is 239 g/mol. The van der Waals surface area contributed by atoms with Crippen LogP contribution in [0.1, 0.15) is 32.6 Å². The first-order valence-electron chi connectivity index (χ1n) is 5.76. The lowest BCUT2D eigenvalue weighted by molar-refractivity contribution is -0.137. The maximum atomic E-state index is 11.7. The van der Waals surface area contributed by atoms with E-state index < -0.39 is 5.97 Å². The second-order valence-corrected chi connectivity index (χ2v) is 4.02. The molecule has 0 aliphatic rings. The van der Waals surface area contributed by atoms with Gasteiger partial charge in [0.15, 0.2) is 0 Å². The summed E-state index contributed by atoms with van der Waals surface area (Å²) < 4.78 is 0. The summed E-state index contributed by atoms with van der Waals surface area (Å²) in [6.07, 6.45) is 4.13. The van der Waals surface area contributed by atoms with Crippen molar-refractivity contribution in [2.75, 3.05) is 13.1 Å². The Morgan fingerprint density at radius 2 is 1.94 bits per heavy atom. The molecule has 4 nitrogen and oxygen atoms in total. The van der Waals surface area contributed by atoms with Gasteiger partial charge in [-0.05, 0) is 19.8 Å². The van der Waals surface area contributed by atoms with Gasteiger partial charge >= 0.3 is 5.97 Å². The Morgan fingerprint density at radius 1 is 1.29 bits per heavy atom. The molecule has 0 rings (SSSR count). The molecule has 0 aromatic rings. The SMILES string of the molecule is C=CCN(CCCCCC(=O)O)C(=O)C(=C)C. The Labute approximate surface area is 103 Å². The standard InChI is InChI=1S/C13H21NO3/c1-4-9-14(13(17)11(2)3)10-7-5-6-8-12(15)16/h4H,1-2,5-10H2,3H3,(H,15,16). The van der Waals surface area contributed by atoms with Crippen molar-refractivity contribution in [3.63, 3.8) is 0 Å². The van der Waals surface area contributed by atoms with Crippen molar-refractivity contribution in [2.24, 2.45) is 0 Å². The average Bonchev–Trinajstić information content (AvgIpc) is 2.25. The molecule has 0 aliphatic heterocycles. The number of aliphatic carboxylic acids is 1. The zero-order chi connectivity index (χ0) is 13.3. The van der Waals surface area contributed by atoms with Crippen LogP contribution < -0.4 is 0 Å². The summed E-state index contributed by atoms with van der Waals surface area (Å²) in [5, 5.41) is 8.48. The fourth-order valence-corrected chi connectivity index (χ4v) is 1.46. The van der Waals surface area contributed by atoms with Gasteiger partial charge in [0.25, 0.3) is 0 Å². The third-order valence-corrected chi connectivity index (χ3v) is 2.32. The van der Waals surface area contributed by atoms with Crippen LogP contribution in [-0.2, 0) is 9.59 Å². The van der Waals surface area contributed by atoms with E-state index in [-0.39, 0.29) is 12.3 Å². The molecule has 17 heavy (non-hydrogen) atoms. The van der Waals surface area contributed by atoms with Crippen molar-refractivity contribution < 1.29 is 14.7 Å². The second kappa shape index (κ2) is 8.56. The van der Waals surface area contributed by atoms with Crippen LogP contribution in [0.5, 0.6) is 0 Å². The normalized spacial score (nSPS) is 9.71. The van der Waals surface area contributed by atoms with Crippen molar-refractivity contribution >= 4 is 11.9 Å². The maximum Gasteiger partial charge on any atom is 0.303 e. The van der Waals surface area contributed by atoms with Gasteiger partial charge in [0.1, 0.15) is 0 Å². The third-order valence-electron chi connectivity index (χ3n) is 2.32. The summed E-state index contributed by atoms with van der Waals surface area (Å²) in [6.45, 7) is 10.0. The lowest BCUT2D eigenvalue weighted by Crippen LogP contribution is -2.32. The minimum absolute atomic E-state index is 0.0665. The number of carbonyl (C=O) groups is 2. The Balaban J connectivity index is 3.93.